The van der Waals surface area contributed by atoms with Gasteiger partial charge in [-0.3, -0.25) is 9.59 Å². The van der Waals surface area contributed by atoms with E-state index in [9.17, 15) is 9.59 Å². The van der Waals surface area contributed by atoms with E-state index in [0.29, 0.717) is 30.4 Å². The molecular formula is C18H19O2. The molecule has 2 aromatic carbocycles. The van der Waals surface area contributed by atoms with Crippen molar-refractivity contribution in [3.05, 3.63) is 53.9 Å². The average molecular weight is 267 g/mol. The van der Waals surface area contributed by atoms with Gasteiger partial charge in [0, 0.05) is 24.0 Å². The minimum Gasteiger partial charge on any atom is -0.294 e. The molecule has 0 aliphatic rings. The highest BCUT2D eigenvalue weighted by Crippen LogP contribution is 2.28. The second kappa shape index (κ2) is 6.00. The molecule has 0 atom stereocenters. The summed E-state index contributed by atoms with van der Waals surface area (Å²) in [4.78, 5) is 24.5. The lowest BCUT2D eigenvalue weighted by atomic mass is 9.87. The summed E-state index contributed by atoms with van der Waals surface area (Å²) in [5, 5.41) is 2.02. The molecule has 0 aliphatic heterocycles. The van der Waals surface area contributed by atoms with E-state index in [2.05, 4.69) is 6.92 Å². The monoisotopic (exact) mass is 267 g/mol. The van der Waals surface area contributed by atoms with E-state index in [4.69, 9.17) is 0 Å². The van der Waals surface area contributed by atoms with Crippen molar-refractivity contribution in [1.29, 1.82) is 0 Å². The second-order valence-corrected chi connectivity index (χ2v) is 4.80. The van der Waals surface area contributed by atoms with Gasteiger partial charge in [-0.2, -0.15) is 0 Å². The maximum absolute atomic E-state index is 12.3. The number of rotatable bonds is 5. The first-order chi connectivity index (χ1) is 9.63. The molecule has 0 heterocycles. The molecule has 2 nitrogen and oxygen atoms in total. The first-order valence-electron chi connectivity index (χ1n) is 7.04. The molecule has 0 aliphatic carbocycles. The zero-order chi connectivity index (χ0) is 14.7. The number of ketones is 2. The van der Waals surface area contributed by atoms with E-state index < -0.39 is 0 Å². The molecular weight excluding hydrogens is 248 g/mol. The van der Waals surface area contributed by atoms with Crippen molar-refractivity contribution < 1.29 is 9.59 Å². The first-order valence-corrected chi connectivity index (χ1v) is 7.04. The van der Waals surface area contributed by atoms with E-state index in [-0.39, 0.29) is 11.6 Å². The van der Waals surface area contributed by atoms with Crippen LogP contribution in [0.2, 0.25) is 0 Å². The summed E-state index contributed by atoms with van der Waals surface area (Å²) < 4.78 is 0. The molecule has 0 N–H and O–H groups in total. The fraction of sp³-hybridized carbons (Fsp3) is 0.278. The van der Waals surface area contributed by atoms with Crippen LogP contribution in [0.4, 0.5) is 0 Å². The molecule has 0 spiro atoms. The number of carbonyl (C=O) groups is 2. The number of hydrogen-bond acceptors (Lipinski definition) is 2. The Morgan fingerprint density at radius 2 is 1.70 bits per heavy atom. The zero-order valence-electron chi connectivity index (χ0n) is 12.0. The molecule has 1 radical (unpaired) electrons. The van der Waals surface area contributed by atoms with Crippen LogP contribution >= 0.6 is 0 Å². The molecule has 20 heavy (non-hydrogen) atoms. The minimum absolute atomic E-state index is 0.0160. The summed E-state index contributed by atoms with van der Waals surface area (Å²) in [6.45, 7) is 7.59. The van der Waals surface area contributed by atoms with Gasteiger partial charge in [0.2, 0.25) is 0 Å². The van der Waals surface area contributed by atoms with E-state index >= 15 is 0 Å². The molecule has 0 fully saturated rings. The van der Waals surface area contributed by atoms with Gasteiger partial charge in [-0.15, -0.1) is 0 Å². The van der Waals surface area contributed by atoms with Crippen molar-refractivity contribution in [2.24, 2.45) is 0 Å². The van der Waals surface area contributed by atoms with E-state index in [1.807, 2.05) is 44.2 Å². The fourth-order valence-electron chi connectivity index (χ4n) is 2.59. The highest BCUT2D eigenvalue weighted by atomic mass is 16.1. The summed E-state index contributed by atoms with van der Waals surface area (Å²) >= 11 is 0. The standard InChI is InChI=1S/C18H19O2/c1-4-13-14-10-8-7-9-12(14)11-15(16(19)5-2)18(13)17(20)6-3/h7-11H,1,4-6H2,2-3H3. The Morgan fingerprint density at radius 1 is 1.05 bits per heavy atom. The number of carbonyl (C=O) groups excluding carboxylic acids is 2. The number of hydrogen-bond donors (Lipinski definition) is 0. The van der Waals surface area contributed by atoms with Gasteiger partial charge >= 0.3 is 0 Å². The highest BCUT2D eigenvalue weighted by molar-refractivity contribution is 6.13. The van der Waals surface area contributed by atoms with Crippen LogP contribution in [-0.2, 0) is 6.42 Å². The molecule has 0 saturated heterocycles. The average Bonchev–Trinajstić information content (AvgIpc) is 2.51. The predicted octanol–water partition coefficient (Wildman–Crippen LogP) is 4.40. The van der Waals surface area contributed by atoms with Crippen molar-refractivity contribution in [2.75, 3.05) is 0 Å². The minimum atomic E-state index is 0.0160. The quantitative estimate of drug-likeness (QED) is 0.752. The van der Waals surface area contributed by atoms with Crippen molar-refractivity contribution in [1.82, 2.24) is 0 Å². The van der Waals surface area contributed by atoms with Crippen molar-refractivity contribution in [3.63, 3.8) is 0 Å². The maximum atomic E-state index is 12.3. The molecule has 0 bridgehead atoms. The third-order valence-corrected chi connectivity index (χ3v) is 3.63. The fourth-order valence-corrected chi connectivity index (χ4v) is 2.59. The summed E-state index contributed by atoms with van der Waals surface area (Å²) in [5.74, 6) is 0.0356. The smallest absolute Gasteiger partial charge is 0.163 e. The normalized spacial score (nSPS) is 10.8. The van der Waals surface area contributed by atoms with Crippen LogP contribution in [0.1, 0.15) is 53.0 Å². The van der Waals surface area contributed by atoms with Crippen LogP contribution in [0.3, 0.4) is 0 Å². The van der Waals surface area contributed by atoms with Crippen LogP contribution in [0.25, 0.3) is 10.8 Å². The molecule has 0 aromatic heterocycles. The Bertz CT molecular complexity index is 668. The van der Waals surface area contributed by atoms with Crippen LogP contribution < -0.4 is 0 Å². The van der Waals surface area contributed by atoms with Crippen molar-refractivity contribution in [3.8, 4) is 0 Å². The Hall–Kier alpha value is -1.96. The molecule has 0 amide bonds. The van der Waals surface area contributed by atoms with Gasteiger partial charge in [0.1, 0.15) is 0 Å². The van der Waals surface area contributed by atoms with Gasteiger partial charge in [0.15, 0.2) is 11.6 Å². The summed E-state index contributed by atoms with van der Waals surface area (Å²) in [5.41, 5.74) is 2.02. The number of benzene rings is 2. The van der Waals surface area contributed by atoms with Crippen LogP contribution in [0.15, 0.2) is 30.3 Å². The molecule has 2 rings (SSSR count). The maximum Gasteiger partial charge on any atom is 0.163 e. The second-order valence-electron chi connectivity index (χ2n) is 4.80. The van der Waals surface area contributed by atoms with Gasteiger partial charge in [-0.25, -0.2) is 0 Å². The van der Waals surface area contributed by atoms with E-state index in [1.54, 1.807) is 0 Å². The molecule has 2 heteroatoms. The van der Waals surface area contributed by atoms with Crippen LogP contribution in [-0.4, -0.2) is 11.6 Å². The third kappa shape index (κ3) is 2.38. The van der Waals surface area contributed by atoms with Crippen molar-refractivity contribution >= 4 is 22.3 Å². The number of Topliss-reactive ketones (excluding diaryl/α,β-unsaturated/α-hetero) is 2. The number of fused-ring (bicyclic) bond motifs is 1. The van der Waals surface area contributed by atoms with E-state index in [1.165, 1.54) is 0 Å². The molecule has 103 valence electrons. The van der Waals surface area contributed by atoms with Gasteiger partial charge < -0.3 is 0 Å². The Kier molecular flexibility index (Phi) is 4.33. The Labute approximate surface area is 119 Å². The summed E-state index contributed by atoms with van der Waals surface area (Å²) in [6, 6.07) is 9.70. The molecule has 0 unspecified atom stereocenters. The predicted molar refractivity (Wildman–Crippen MR) is 82.3 cm³/mol. The summed E-state index contributed by atoms with van der Waals surface area (Å²) in [7, 11) is 0. The molecule has 2 aromatic rings. The van der Waals surface area contributed by atoms with Gasteiger partial charge in [0.05, 0.1) is 0 Å². The van der Waals surface area contributed by atoms with Crippen molar-refractivity contribution in [2.45, 2.75) is 33.1 Å². The lowest BCUT2D eigenvalue weighted by Crippen LogP contribution is -2.12. The van der Waals surface area contributed by atoms with Crippen LogP contribution in [0, 0.1) is 6.92 Å². The van der Waals surface area contributed by atoms with Crippen LogP contribution in [0.5, 0.6) is 0 Å². The Morgan fingerprint density at radius 3 is 2.30 bits per heavy atom. The summed E-state index contributed by atoms with van der Waals surface area (Å²) in [6.07, 6.45) is 1.31. The SMILES string of the molecule is [CH2]Cc1c(C(=O)CC)c(C(=O)CC)cc2ccccc12. The zero-order valence-corrected chi connectivity index (χ0v) is 12.0. The molecule has 0 saturated carbocycles. The lowest BCUT2D eigenvalue weighted by molar-refractivity contribution is 0.0955. The Balaban J connectivity index is 2.88. The third-order valence-electron chi connectivity index (χ3n) is 3.63. The lowest BCUT2D eigenvalue weighted by Gasteiger charge is -2.15. The largest absolute Gasteiger partial charge is 0.294 e. The van der Waals surface area contributed by atoms with Gasteiger partial charge in [-0.05, 0) is 35.7 Å². The van der Waals surface area contributed by atoms with Gasteiger partial charge in [0.25, 0.3) is 0 Å². The van der Waals surface area contributed by atoms with Gasteiger partial charge in [-0.1, -0.05) is 38.1 Å². The highest BCUT2D eigenvalue weighted by Gasteiger charge is 2.20. The van der Waals surface area contributed by atoms with E-state index in [0.717, 1.165) is 16.3 Å². The first kappa shape index (κ1) is 14.4. The topological polar surface area (TPSA) is 34.1 Å².